The van der Waals surface area contributed by atoms with Crippen molar-refractivity contribution in [1.82, 2.24) is 43.1 Å². The maximum Gasteiger partial charge on any atom is 0.165 e. The van der Waals surface area contributed by atoms with Gasteiger partial charge in [-0.1, -0.05) is 194 Å². The first-order chi connectivity index (χ1) is 50.6. The molecule has 0 aliphatic heterocycles. The summed E-state index contributed by atoms with van der Waals surface area (Å²) in [4.78, 5) is 31.2. The van der Waals surface area contributed by atoms with Crippen molar-refractivity contribution in [1.29, 1.82) is 0 Å². The summed E-state index contributed by atoms with van der Waals surface area (Å²) in [6.07, 6.45) is 0. The first kappa shape index (κ1) is 55.1. The largest absolute Gasteiger partial charge is 0.291 e. The van der Waals surface area contributed by atoms with Gasteiger partial charge in [-0.2, -0.15) is 0 Å². The van der Waals surface area contributed by atoms with Crippen LogP contribution in [0.4, 0.5) is 0 Å². The van der Waals surface area contributed by atoms with Gasteiger partial charge in [0.25, 0.3) is 0 Å². The quantitative estimate of drug-likeness (QED) is 0.171. The van der Waals surface area contributed by atoms with Crippen LogP contribution in [-0.2, 0) is 0 Å². The number of rotatable bonds is 2. The highest BCUT2D eigenvalue weighted by atomic mass is 32.1. The standard InChI is InChI=1S/2C32H17N3S.C26H13N3S/c1-2-8-18(9-3-1)19-14-15-24-25(16-19)33-29-23-17-22-20-10-5-7-13-27(20)36-31(22)28-21-11-4-6-12-26(21)35(30(23)28)32(29)34-24;1-2-8-18(9-3-1)19-14-15-23-24(16-19)33-30-29-28-21-11-5-7-13-26(21)36-27(28)17-22-20-10-4-6-12-25(20)35(31(22)29)32(30)34-23;1-5-11-19-14(7-1)16-13-21-22(15-8-2-6-12-20(15)30-21)23-24-26(29(19)25(16)23)28-18-10-4-3-9-17(18)27-24/h2*1-17H;1-13H. The Morgan fingerprint density at radius 3 is 1.12 bits per heavy atom. The van der Waals surface area contributed by atoms with Gasteiger partial charge in [0.15, 0.2) is 16.9 Å². The van der Waals surface area contributed by atoms with Gasteiger partial charge in [-0.25, -0.2) is 29.9 Å². The van der Waals surface area contributed by atoms with Crippen LogP contribution in [0.25, 0.3) is 231 Å². The molecule has 0 N–H and O–H groups in total. The zero-order valence-corrected chi connectivity index (χ0v) is 56.3. The summed E-state index contributed by atoms with van der Waals surface area (Å²) in [6.45, 7) is 0. The minimum Gasteiger partial charge on any atom is -0.291 e. The van der Waals surface area contributed by atoms with Crippen molar-refractivity contribution in [3.63, 3.8) is 0 Å². The molecular formula is C90H47N9S3. The number of aromatic nitrogens is 9. The molecule has 12 heteroatoms. The van der Waals surface area contributed by atoms with Crippen LogP contribution in [0.1, 0.15) is 0 Å². The maximum absolute atomic E-state index is 5.32. The molecule has 0 atom stereocenters. The fraction of sp³-hybridized carbons (Fsp3) is 0. The second kappa shape index (κ2) is 20.4. The molecular weight excluding hydrogens is 1300 g/mol. The summed E-state index contributed by atoms with van der Waals surface area (Å²) in [5, 5.41) is 19.1. The summed E-state index contributed by atoms with van der Waals surface area (Å²) < 4.78 is 14.9. The van der Waals surface area contributed by atoms with E-state index >= 15 is 0 Å². The molecule has 0 saturated carbocycles. The lowest BCUT2D eigenvalue weighted by Gasteiger charge is -2.04. The number of fused-ring (bicyclic) bond motifs is 33. The van der Waals surface area contributed by atoms with E-state index in [1.165, 1.54) is 153 Å². The maximum atomic E-state index is 5.32. The lowest BCUT2D eigenvalue weighted by atomic mass is 10.0. The number of hydrogen-bond acceptors (Lipinski definition) is 9. The van der Waals surface area contributed by atoms with E-state index in [0.717, 1.165) is 77.7 Å². The highest BCUT2D eigenvalue weighted by molar-refractivity contribution is 7.27. The number of thiophene rings is 3. The first-order valence-electron chi connectivity index (χ1n) is 34.2. The normalized spacial score (nSPS) is 12.5. The van der Waals surface area contributed by atoms with Crippen molar-refractivity contribution in [3.05, 3.63) is 285 Å². The van der Waals surface area contributed by atoms with Crippen molar-refractivity contribution >= 4 is 243 Å². The van der Waals surface area contributed by atoms with Gasteiger partial charge in [-0.3, -0.25) is 13.2 Å². The van der Waals surface area contributed by atoms with E-state index in [4.69, 9.17) is 29.9 Å². The van der Waals surface area contributed by atoms with Crippen LogP contribution in [0.2, 0.25) is 0 Å². The molecule has 0 radical (unpaired) electrons. The average molecular weight is 1350 g/mol. The predicted molar refractivity (Wildman–Crippen MR) is 432 cm³/mol. The highest BCUT2D eigenvalue weighted by Crippen LogP contribution is 2.51. The van der Waals surface area contributed by atoms with Crippen LogP contribution >= 0.6 is 34.0 Å². The third kappa shape index (κ3) is 7.48. The van der Waals surface area contributed by atoms with E-state index in [1.807, 2.05) is 64.3 Å². The Balaban J connectivity index is 0.0000000924. The van der Waals surface area contributed by atoms with Gasteiger partial charge in [-0.05, 0) is 113 Å². The van der Waals surface area contributed by atoms with E-state index in [9.17, 15) is 0 Å². The molecule has 14 aromatic carbocycles. The molecule has 0 fully saturated rings. The van der Waals surface area contributed by atoms with Crippen LogP contribution in [-0.4, -0.2) is 43.1 Å². The Hall–Kier alpha value is -12.8. The van der Waals surface area contributed by atoms with Gasteiger partial charge in [-0.15, -0.1) is 34.0 Å². The smallest absolute Gasteiger partial charge is 0.165 e. The molecule has 26 aromatic rings. The molecule has 0 aliphatic rings. The number of para-hydroxylation sites is 5. The van der Waals surface area contributed by atoms with Gasteiger partial charge >= 0.3 is 0 Å². The van der Waals surface area contributed by atoms with Crippen LogP contribution < -0.4 is 0 Å². The van der Waals surface area contributed by atoms with Crippen LogP contribution in [0.15, 0.2) is 285 Å². The molecule has 0 spiro atoms. The Kier molecular flexibility index (Phi) is 11.0. The van der Waals surface area contributed by atoms with Gasteiger partial charge < -0.3 is 0 Å². The summed E-state index contributed by atoms with van der Waals surface area (Å²) in [5.41, 5.74) is 23.2. The Labute approximate surface area is 588 Å². The van der Waals surface area contributed by atoms with Gasteiger partial charge in [0.1, 0.15) is 16.6 Å². The molecule has 12 heterocycles. The lowest BCUT2D eigenvalue weighted by molar-refractivity contribution is 1.28. The fourth-order valence-corrected chi connectivity index (χ4v) is 20.5. The van der Waals surface area contributed by atoms with Crippen molar-refractivity contribution < 1.29 is 0 Å². The minimum absolute atomic E-state index is 0.915. The molecule has 0 unspecified atom stereocenters. The van der Waals surface area contributed by atoms with Crippen LogP contribution in [0, 0.1) is 0 Å². The van der Waals surface area contributed by atoms with E-state index in [0.29, 0.717) is 0 Å². The van der Waals surface area contributed by atoms with Crippen molar-refractivity contribution in [2.75, 3.05) is 0 Å². The molecule has 0 saturated heterocycles. The summed E-state index contributed by atoms with van der Waals surface area (Å²) >= 11 is 5.61. The zero-order valence-electron chi connectivity index (χ0n) is 53.9. The Bertz CT molecular complexity index is 8080. The molecule has 26 rings (SSSR count). The Morgan fingerprint density at radius 2 is 0.588 bits per heavy atom. The first-order valence-corrected chi connectivity index (χ1v) is 36.7. The monoisotopic (exact) mass is 1350 g/mol. The van der Waals surface area contributed by atoms with Gasteiger partial charge in [0.2, 0.25) is 0 Å². The fourth-order valence-electron chi connectivity index (χ4n) is 17.0. The molecule has 102 heavy (non-hydrogen) atoms. The summed E-state index contributed by atoms with van der Waals surface area (Å²) in [5.74, 6) is 0. The molecule has 470 valence electrons. The van der Waals surface area contributed by atoms with E-state index in [2.05, 4.69) is 268 Å². The third-order valence-corrected chi connectivity index (χ3v) is 24.7. The number of nitrogens with zero attached hydrogens (tertiary/aromatic N) is 9. The second-order valence-electron chi connectivity index (χ2n) is 26.7. The molecule has 0 aliphatic carbocycles. The van der Waals surface area contributed by atoms with E-state index in [-0.39, 0.29) is 0 Å². The third-order valence-electron chi connectivity index (χ3n) is 21.3. The summed E-state index contributed by atoms with van der Waals surface area (Å²) in [7, 11) is 0. The molecule has 0 bridgehead atoms. The van der Waals surface area contributed by atoms with Crippen molar-refractivity contribution in [3.8, 4) is 22.3 Å². The van der Waals surface area contributed by atoms with Crippen molar-refractivity contribution in [2.24, 2.45) is 0 Å². The second-order valence-corrected chi connectivity index (χ2v) is 30.0. The zero-order chi connectivity index (χ0) is 66.2. The van der Waals surface area contributed by atoms with E-state index in [1.54, 1.807) is 0 Å². The number of benzene rings is 14. The van der Waals surface area contributed by atoms with Crippen molar-refractivity contribution in [2.45, 2.75) is 0 Å². The topological polar surface area (TPSA) is 90.6 Å². The lowest BCUT2D eigenvalue weighted by Crippen LogP contribution is -1.90. The van der Waals surface area contributed by atoms with Crippen LogP contribution in [0.3, 0.4) is 0 Å². The predicted octanol–water partition coefficient (Wildman–Crippen LogP) is 24.8. The minimum atomic E-state index is 0.915. The SMILES string of the molecule is c1ccc(-c2ccc3nc4c(nc3c2)c2c3c(cc5c6ccccc6n4c52)sc2ccccc23)cc1.c1ccc(-c2ccc3nc4c(nc3c2)c2cc3c5ccccc5sc3c3c5ccccc5n4c23)cc1.c1ccc2nc3c(nc2c1)c1c2c(cc4c5ccccc5n3c41)sc1ccccc12. The van der Waals surface area contributed by atoms with Gasteiger partial charge in [0, 0.05) is 109 Å². The average Bonchev–Trinajstić information content (AvgIpc) is 1.54. The van der Waals surface area contributed by atoms with E-state index < -0.39 is 0 Å². The molecule has 12 aromatic heterocycles. The van der Waals surface area contributed by atoms with Crippen LogP contribution in [0.5, 0.6) is 0 Å². The molecule has 0 amide bonds. The highest BCUT2D eigenvalue weighted by Gasteiger charge is 2.28. The molecule has 9 nitrogen and oxygen atoms in total. The van der Waals surface area contributed by atoms with Gasteiger partial charge in [0.05, 0.1) is 66.2 Å². The number of hydrogen-bond donors (Lipinski definition) is 0. The Morgan fingerprint density at radius 1 is 0.206 bits per heavy atom. The summed E-state index contributed by atoms with van der Waals surface area (Å²) in [6, 6.07) is 101.